The van der Waals surface area contributed by atoms with Crippen molar-refractivity contribution in [3.05, 3.63) is 30.3 Å². The fourth-order valence-corrected chi connectivity index (χ4v) is 1.74. The maximum Gasteiger partial charge on any atom is 0.244 e. The van der Waals surface area contributed by atoms with Gasteiger partial charge in [-0.2, -0.15) is 0 Å². The van der Waals surface area contributed by atoms with Crippen LogP contribution in [0.25, 0.3) is 0 Å². The Morgan fingerprint density at radius 3 is 2.41 bits per heavy atom. The van der Waals surface area contributed by atoms with Crippen LogP contribution in [0, 0.1) is 0 Å². The Balaban J connectivity index is 0.00000144. The predicted octanol–water partition coefficient (Wildman–Crippen LogP) is 1.55. The summed E-state index contributed by atoms with van der Waals surface area (Å²) in [5.74, 6) is -0.123. The molecule has 5 heteroatoms. The molecule has 1 aliphatic rings. The van der Waals surface area contributed by atoms with Gasteiger partial charge in [0.15, 0.2) is 0 Å². The zero-order chi connectivity index (χ0) is 11.4. The smallest absolute Gasteiger partial charge is 0.244 e. The fraction of sp³-hybridized carbons (Fsp3) is 0.417. The number of hydrogen-bond acceptors (Lipinski definition) is 3. The van der Waals surface area contributed by atoms with E-state index in [0.717, 1.165) is 5.69 Å². The lowest BCUT2D eigenvalue weighted by molar-refractivity contribution is -0.124. The molecule has 0 radical (unpaired) electrons. The van der Waals surface area contributed by atoms with Crippen molar-refractivity contribution in [2.24, 2.45) is 5.73 Å². The number of anilines is 1. The first-order valence-corrected chi connectivity index (χ1v) is 5.44. The lowest BCUT2D eigenvalue weighted by atomic mass is 9.90. The maximum absolute atomic E-state index is 12.0. The van der Waals surface area contributed by atoms with Gasteiger partial charge in [-0.05, 0) is 25.0 Å². The minimum atomic E-state index is -0.784. The van der Waals surface area contributed by atoms with Gasteiger partial charge >= 0.3 is 0 Å². The number of nitrogens with two attached hydrogens (primary N) is 1. The highest BCUT2D eigenvalue weighted by Crippen LogP contribution is 2.19. The number of hydrogen-bond donors (Lipinski definition) is 2. The van der Waals surface area contributed by atoms with E-state index in [0.29, 0.717) is 26.1 Å². The highest BCUT2D eigenvalue weighted by molar-refractivity contribution is 5.98. The SMILES string of the molecule is Cl.NC1(C(=O)Nc2ccccc2)CCOCC1. The Kier molecular flexibility index (Phi) is 4.93. The van der Waals surface area contributed by atoms with E-state index in [1.54, 1.807) is 0 Å². The molecule has 0 bridgehead atoms. The van der Waals surface area contributed by atoms with E-state index < -0.39 is 5.54 Å². The van der Waals surface area contributed by atoms with Crippen molar-refractivity contribution in [1.82, 2.24) is 0 Å². The molecule has 0 atom stereocenters. The lowest BCUT2D eigenvalue weighted by Gasteiger charge is -2.31. The molecule has 0 saturated carbocycles. The topological polar surface area (TPSA) is 64.4 Å². The van der Waals surface area contributed by atoms with E-state index in [9.17, 15) is 4.79 Å². The van der Waals surface area contributed by atoms with Gasteiger partial charge in [0.1, 0.15) is 5.54 Å². The molecule has 1 saturated heterocycles. The average Bonchev–Trinajstić information content (AvgIpc) is 2.31. The second kappa shape index (κ2) is 6.00. The van der Waals surface area contributed by atoms with E-state index in [2.05, 4.69) is 5.32 Å². The maximum atomic E-state index is 12.0. The Bertz CT molecular complexity index is 364. The van der Waals surface area contributed by atoms with Crippen LogP contribution in [0.1, 0.15) is 12.8 Å². The summed E-state index contributed by atoms with van der Waals surface area (Å²) in [5, 5.41) is 2.83. The predicted molar refractivity (Wildman–Crippen MR) is 69.3 cm³/mol. The van der Waals surface area contributed by atoms with Crippen molar-refractivity contribution >= 4 is 24.0 Å². The Morgan fingerprint density at radius 2 is 1.82 bits per heavy atom. The van der Waals surface area contributed by atoms with Gasteiger partial charge in [0.05, 0.1) is 0 Å². The van der Waals surface area contributed by atoms with Gasteiger partial charge in [0, 0.05) is 18.9 Å². The standard InChI is InChI=1S/C12H16N2O2.ClH/c13-12(6-8-16-9-7-12)11(15)14-10-4-2-1-3-5-10;/h1-5H,6-9,13H2,(H,14,15);1H. The summed E-state index contributed by atoms with van der Waals surface area (Å²) in [6.45, 7) is 1.11. The zero-order valence-corrected chi connectivity index (χ0v) is 10.3. The van der Waals surface area contributed by atoms with Crippen LogP contribution in [0.15, 0.2) is 30.3 Å². The van der Waals surface area contributed by atoms with Crippen molar-refractivity contribution in [2.45, 2.75) is 18.4 Å². The first-order valence-electron chi connectivity index (χ1n) is 5.44. The fourth-order valence-electron chi connectivity index (χ4n) is 1.74. The van der Waals surface area contributed by atoms with Crippen LogP contribution in [-0.2, 0) is 9.53 Å². The van der Waals surface area contributed by atoms with E-state index in [1.807, 2.05) is 30.3 Å². The van der Waals surface area contributed by atoms with Gasteiger partial charge in [0.2, 0.25) is 5.91 Å². The molecule has 3 N–H and O–H groups in total. The molecule has 1 heterocycles. The number of carbonyl (C=O) groups excluding carboxylic acids is 1. The summed E-state index contributed by atoms with van der Waals surface area (Å²) < 4.78 is 5.21. The molecule has 1 aliphatic heterocycles. The number of para-hydroxylation sites is 1. The molecule has 1 amide bonds. The molecule has 0 aliphatic carbocycles. The first-order chi connectivity index (χ1) is 7.71. The number of benzene rings is 1. The number of carbonyl (C=O) groups is 1. The van der Waals surface area contributed by atoms with Gasteiger partial charge < -0.3 is 15.8 Å². The van der Waals surface area contributed by atoms with E-state index in [1.165, 1.54) is 0 Å². The van der Waals surface area contributed by atoms with Crippen LogP contribution in [0.5, 0.6) is 0 Å². The van der Waals surface area contributed by atoms with Crippen LogP contribution >= 0.6 is 12.4 Å². The minimum Gasteiger partial charge on any atom is -0.381 e. The van der Waals surface area contributed by atoms with Crippen molar-refractivity contribution in [1.29, 1.82) is 0 Å². The molecule has 94 valence electrons. The number of ether oxygens (including phenoxy) is 1. The third kappa shape index (κ3) is 3.43. The summed E-state index contributed by atoms with van der Waals surface area (Å²) in [6, 6.07) is 9.36. The Hall–Kier alpha value is -1.10. The summed E-state index contributed by atoms with van der Waals surface area (Å²) in [5.41, 5.74) is 6.06. The third-order valence-electron chi connectivity index (χ3n) is 2.87. The normalized spacial score (nSPS) is 17.9. The summed E-state index contributed by atoms with van der Waals surface area (Å²) in [6.07, 6.45) is 1.15. The van der Waals surface area contributed by atoms with Crippen molar-refractivity contribution in [3.63, 3.8) is 0 Å². The Morgan fingerprint density at radius 1 is 1.24 bits per heavy atom. The summed E-state index contributed by atoms with van der Waals surface area (Å²) in [4.78, 5) is 12.0. The molecular formula is C12H17ClN2O2. The Labute approximate surface area is 107 Å². The number of nitrogens with one attached hydrogen (secondary N) is 1. The summed E-state index contributed by atoms with van der Waals surface area (Å²) >= 11 is 0. The lowest BCUT2D eigenvalue weighted by Crippen LogP contribution is -2.54. The van der Waals surface area contributed by atoms with Crippen LogP contribution in [0.3, 0.4) is 0 Å². The molecule has 1 aromatic carbocycles. The van der Waals surface area contributed by atoms with Gasteiger partial charge in [-0.15, -0.1) is 12.4 Å². The summed E-state index contributed by atoms with van der Waals surface area (Å²) in [7, 11) is 0. The zero-order valence-electron chi connectivity index (χ0n) is 9.52. The van der Waals surface area contributed by atoms with Crippen molar-refractivity contribution in [3.8, 4) is 0 Å². The molecule has 0 unspecified atom stereocenters. The molecule has 17 heavy (non-hydrogen) atoms. The molecular weight excluding hydrogens is 240 g/mol. The van der Waals surface area contributed by atoms with Crippen LogP contribution in [-0.4, -0.2) is 24.7 Å². The van der Waals surface area contributed by atoms with Gasteiger partial charge in [-0.3, -0.25) is 4.79 Å². The van der Waals surface area contributed by atoms with Crippen LogP contribution in [0.2, 0.25) is 0 Å². The van der Waals surface area contributed by atoms with Gasteiger partial charge in [-0.1, -0.05) is 18.2 Å². The van der Waals surface area contributed by atoms with Gasteiger partial charge in [-0.25, -0.2) is 0 Å². The highest BCUT2D eigenvalue weighted by Gasteiger charge is 2.35. The number of amides is 1. The monoisotopic (exact) mass is 256 g/mol. The van der Waals surface area contributed by atoms with E-state index in [-0.39, 0.29) is 18.3 Å². The van der Waals surface area contributed by atoms with Crippen LogP contribution < -0.4 is 11.1 Å². The van der Waals surface area contributed by atoms with Crippen LogP contribution in [0.4, 0.5) is 5.69 Å². The van der Waals surface area contributed by atoms with E-state index in [4.69, 9.17) is 10.5 Å². The average molecular weight is 257 g/mol. The second-order valence-electron chi connectivity index (χ2n) is 4.09. The van der Waals surface area contributed by atoms with Crippen molar-refractivity contribution in [2.75, 3.05) is 18.5 Å². The minimum absolute atomic E-state index is 0. The molecule has 0 aromatic heterocycles. The van der Waals surface area contributed by atoms with Gasteiger partial charge in [0.25, 0.3) is 0 Å². The molecule has 2 rings (SSSR count). The van der Waals surface area contributed by atoms with E-state index >= 15 is 0 Å². The highest BCUT2D eigenvalue weighted by atomic mass is 35.5. The second-order valence-corrected chi connectivity index (χ2v) is 4.09. The van der Waals surface area contributed by atoms with Crippen molar-refractivity contribution < 1.29 is 9.53 Å². The third-order valence-corrected chi connectivity index (χ3v) is 2.87. The molecule has 0 spiro atoms. The number of halogens is 1. The number of rotatable bonds is 2. The first kappa shape index (κ1) is 14.0. The quantitative estimate of drug-likeness (QED) is 0.844. The molecule has 4 nitrogen and oxygen atoms in total. The molecule has 1 aromatic rings. The largest absolute Gasteiger partial charge is 0.381 e. The molecule has 1 fully saturated rings.